The molecule has 4 heteroatoms. The third-order valence-electron chi connectivity index (χ3n) is 4.08. The fourth-order valence-corrected chi connectivity index (χ4v) is 2.65. The Morgan fingerprint density at radius 3 is 2.04 bits per heavy atom. The summed E-state index contributed by atoms with van der Waals surface area (Å²) in [6.45, 7) is -0.140. The lowest BCUT2D eigenvalue weighted by atomic mass is 10.0. The fraction of sp³-hybridized carbons (Fsp3) is 0.136. The average Bonchev–Trinajstić information content (AvgIpc) is 2.68. The van der Waals surface area contributed by atoms with E-state index >= 15 is 0 Å². The van der Waals surface area contributed by atoms with Crippen molar-refractivity contribution in [3.05, 3.63) is 89.2 Å². The maximum absolute atomic E-state index is 13.3. The second kappa shape index (κ2) is 8.26. The van der Waals surface area contributed by atoms with Crippen molar-refractivity contribution in [2.24, 2.45) is 0 Å². The normalized spacial score (nSPS) is 10.3. The smallest absolute Gasteiger partial charge is 0.124 e. The third-order valence-corrected chi connectivity index (χ3v) is 4.08. The first-order chi connectivity index (χ1) is 12.7. The SMILES string of the molecule is N#CCc1cc(F)ccc1OCc1ccc(-c2ccc(CF)cc2)cc1. The topological polar surface area (TPSA) is 33.0 Å². The molecule has 0 amide bonds. The number of rotatable bonds is 6. The first-order valence-corrected chi connectivity index (χ1v) is 8.22. The Kier molecular flexibility index (Phi) is 5.60. The molecule has 0 bridgehead atoms. The van der Waals surface area contributed by atoms with Gasteiger partial charge in [-0.15, -0.1) is 0 Å². The van der Waals surface area contributed by atoms with Crippen molar-refractivity contribution in [1.82, 2.24) is 0 Å². The minimum absolute atomic E-state index is 0.0981. The standard InChI is InChI=1S/C22H17F2NO/c23-14-16-1-5-18(6-2-16)19-7-3-17(4-8-19)15-26-22-10-9-21(24)13-20(22)11-12-25/h1-10,13H,11,14-15H2. The molecule has 0 heterocycles. The molecule has 0 saturated heterocycles. The molecule has 26 heavy (non-hydrogen) atoms. The van der Waals surface area contributed by atoms with Gasteiger partial charge in [-0.05, 0) is 40.5 Å². The van der Waals surface area contributed by atoms with E-state index < -0.39 is 6.67 Å². The van der Waals surface area contributed by atoms with Crippen molar-refractivity contribution in [2.75, 3.05) is 0 Å². The zero-order valence-corrected chi connectivity index (χ0v) is 14.1. The zero-order valence-electron chi connectivity index (χ0n) is 14.1. The molecule has 0 aliphatic heterocycles. The summed E-state index contributed by atoms with van der Waals surface area (Å²) in [5, 5.41) is 8.84. The van der Waals surface area contributed by atoms with E-state index in [-0.39, 0.29) is 12.2 Å². The first-order valence-electron chi connectivity index (χ1n) is 8.22. The molecule has 0 radical (unpaired) electrons. The largest absolute Gasteiger partial charge is 0.489 e. The number of benzene rings is 3. The molecule has 0 N–H and O–H groups in total. The zero-order chi connectivity index (χ0) is 18.4. The van der Waals surface area contributed by atoms with Gasteiger partial charge >= 0.3 is 0 Å². The summed E-state index contributed by atoms with van der Waals surface area (Å²) in [5.41, 5.74) is 4.21. The van der Waals surface area contributed by atoms with Crippen LogP contribution in [0.2, 0.25) is 0 Å². The Bertz CT molecular complexity index is 912. The maximum Gasteiger partial charge on any atom is 0.124 e. The van der Waals surface area contributed by atoms with Crippen molar-refractivity contribution < 1.29 is 13.5 Å². The van der Waals surface area contributed by atoms with Crippen LogP contribution in [0, 0.1) is 17.1 Å². The maximum atomic E-state index is 13.3. The Morgan fingerprint density at radius 1 is 0.846 bits per heavy atom. The summed E-state index contributed by atoms with van der Waals surface area (Å²) in [7, 11) is 0. The fourth-order valence-electron chi connectivity index (χ4n) is 2.65. The van der Waals surface area contributed by atoms with Crippen LogP contribution in [0.5, 0.6) is 5.75 Å². The van der Waals surface area contributed by atoms with E-state index in [1.807, 2.05) is 42.5 Å². The van der Waals surface area contributed by atoms with Gasteiger partial charge in [0, 0.05) is 5.56 Å². The molecule has 130 valence electrons. The van der Waals surface area contributed by atoms with Crippen molar-refractivity contribution in [2.45, 2.75) is 19.7 Å². The molecule has 3 aromatic carbocycles. The van der Waals surface area contributed by atoms with Gasteiger partial charge in [0.05, 0.1) is 12.5 Å². The monoisotopic (exact) mass is 349 g/mol. The van der Waals surface area contributed by atoms with Crippen LogP contribution in [-0.2, 0) is 19.7 Å². The summed E-state index contributed by atoms with van der Waals surface area (Å²) in [4.78, 5) is 0. The number of hydrogen-bond donors (Lipinski definition) is 0. The van der Waals surface area contributed by atoms with E-state index in [4.69, 9.17) is 10.00 Å². The summed E-state index contributed by atoms with van der Waals surface area (Å²) < 4.78 is 31.6. The average molecular weight is 349 g/mol. The van der Waals surface area contributed by atoms with E-state index in [0.29, 0.717) is 23.5 Å². The van der Waals surface area contributed by atoms with E-state index in [1.54, 1.807) is 18.2 Å². The first kappa shape index (κ1) is 17.6. The Hall–Kier alpha value is -3.19. The molecule has 2 nitrogen and oxygen atoms in total. The molecule has 0 aliphatic carbocycles. The lowest BCUT2D eigenvalue weighted by Gasteiger charge is -2.11. The van der Waals surface area contributed by atoms with E-state index in [2.05, 4.69) is 0 Å². The number of halogens is 2. The van der Waals surface area contributed by atoms with Crippen LogP contribution in [0.4, 0.5) is 8.78 Å². The van der Waals surface area contributed by atoms with Crippen LogP contribution in [0.3, 0.4) is 0 Å². The molecule has 0 saturated carbocycles. The van der Waals surface area contributed by atoms with Crippen LogP contribution < -0.4 is 4.74 Å². The summed E-state index contributed by atoms with van der Waals surface area (Å²) in [6, 6.07) is 21.4. The Morgan fingerprint density at radius 2 is 1.46 bits per heavy atom. The van der Waals surface area contributed by atoms with E-state index in [1.165, 1.54) is 12.1 Å². The van der Waals surface area contributed by atoms with Gasteiger partial charge in [0.1, 0.15) is 24.8 Å². The van der Waals surface area contributed by atoms with Gasteiger partial charge in [-0.25, -0.2) is 8.78 Å². The van der Waals surface area contributed by atoms with Crippen LogP contribution in [0.25, 0.3) is 11.1 Å². The molecule has 3 rings (SSSR count). The van der Waals surface area contributed by atoms with Crippen LogP contribution >= 0.6 is 0 Å². The number of alkyl halides is 1. The highest BCUT2D eigenvalue weighted by molar-refractivity contribution is 5.63. The summed E-state index contributed by atoms with van der Waals surface area (Å²) in [6.07, 6.45) is 0.0981. The molecule has 0 aromatic heterocycles. The van der Waals surface area contributed by atoms with Crippen molar-refractivity contribution in [3.8, 4) is 22.9 Å². The summed E-state index contributed by atoms with van der Waals surface area (Å²) in [5.74, 6) is 0.129. The molecule has 0 aliphatic rings. The molecule has 0 spiro atoms. The molecule has 3 aromatic rings. The van der Waals surface area contributed by atoms with Crippen molar-refractivity contribution in [3.63, 3.8) is 0 Å². The van der Waals surface area contributed by atoms with E-state index in [9.17, 15) is 8.78 Å². The minimum Gasteiger partial charge on any atom is -0.489 e. The number of ether oxygens (including phenoxy) is 1. The highest BCUT2D eigenvalue weighted by atomic mass is 19.1. The van der Waals surface area contributed by atoms with Gasteiger partial charge in [0.2, 0.25) is 0 Å². The number of hydrogen-bond acceptors (Lipinski definition) is 2. The third kappa shape index (κ3) is 4.25. The second-order valence-corrected chi connectivity index (χ2v) is 5.90. The van der Waals surface area contributed by atoms with Crippen molar-refractivity contribution >= 4 is 0 Å². The number of nitrogens with zero attached hydrogens (tertiary/aromatic N) is 1. The van der Waals surface area contributed by atoms with Gasteiger partial charge in [0.25, 0.3) is 0 Å². The quantitative estimate of drug-likeness (QED) is 0.580. The van der Waals surface area contributed by atoms with Gasteiger partial charge in [0.15, 0.2) is 0 Å². The number of nitriles is 1. The predicted molar refractivity (Wildman–Crippen MR) is 96.7 cm³/mol. The Labute approximate surface area is 151 Å². The van der Waals surface area contributed by atoms with Gasteiger partial charge in [-0.3, -0.25) is 0 Å². The van der Waals surface area contributed by atoms with E-state index in [0.717, 1.165) is 16.7 Å². The molecule has 0 atom stereocenters. The lowest BCUT2D eigenvalue weighted by molar-refractivity contribution is 0.303. The van der Waals surface area contributed by atoms with Gasteiger partial charge in [-0.2, -0.15) is 5.26 Å². The highest BCUT2D eigenvalue weighted by Crippen LogP contribution is 2.23. The van der Waals surface area contributed by atoms with Crippen LogP contribution in [0.15, 0.2) is 66.7 Å². The second-order valence-electron chi connectivity index (χ2n) is 5.90. The molecular weight excluding hydrogens is 332 g/mol. The predicted octanol–water partition coefficient (Wildman–Crippen LogP) is 5.61. The highest BCUT2D eigenvalue weighted by Gasteiger charge is 2.06. The van der Waals surface area contributed by atoms with Crippen LogP contribution in [-0.4, -0.2) is 0 Å². The molecule has 0 fully saturated rings. The molecule has 0 unspecified atom stereocenters. The van der Waals surface area contributed by atoms with Crippen molar-refractivity contribution in [1.29, 1.82) is 5.26 Å². The lowest BCUT2D eigenvalue weighted by Crippen LogP contribution is -1.99. The molecular formula is C22H17F2NO. The van der Waals surface area contributed by atoms with Crippen LogP contribution in [0.1, 0.15) is 16.7 Å². The van der Waals surface area contributed by atoms with Gasteiger partial charge < -0.3 is 4.74 Å². The summed E-state index contributed by atoms with van der Waals surface area (Å²) >= 11 is 0. The van der Waals surface area contributed by atoms with Gasteiger partial charge in [-0.1, -0.05) is 48.5 Å². The minimum atomic E-state index is -0.465. The Balaban J connectivity index is 1.69.